The molecule has 2 nitrogen and oxygen atoms in total. The Morgan fingerprint density at radius 2 is 1.81 bits per heavy atom. The lowest BCUT2D eigenvalue weighted by molar-refractivity contribution is -0.120. The van der Waals surface area contributed by atoms with E-state index in [1.54, 1.807) is 6.92 Å². The van der Waals surface area contributed by atoms with Crippen molar-refractivity contribution in [3.8, 4) is 6.07 Å². The van der Waals surface area contributed by atoms with Gasteiger partial charge >= 0.3 is 0 Å². The zero-order valence-electron chi connectivity index (χ0n) is 13.6. The van der Waals surface area contributed by atoms with E-state index in [2.05, 4.69) is 13.0 Å². The Morgan fingerprint density at radius 1 is 1.24 bits per heavy atom. The van der Waals surface area contributed by atoms with Crippen LogP contribution in [0.4, 0.5) is 0 Å². The number of nitrogens with zero attached hydrogens (tertiary/aromatic N) is 1. The highest BCUT2D eigenvalue weighted by Crippen LogP contribution is 2.29. The van der Waals surface area contributed by atoms with E-state index in [4.69, 9.17) is 5.26 Å². The predicted octanol–water partition coefficient (Wildman–Crippen LogP) is 5.05. The molecule has 1 aromatic carbocycles. The minimum Gasteiger partial charge on any atom is -0.300 e. The molecule has 1 atom stereocenters. The molecule has 1 aliphatic rings. The first-order chi connectivity index (χ1) is 10.0. The molecule has 2 heteroatoms. The smallest absolute Gasteiger partial charge is 0.132 e. The number of aryl methyl sites for hydroxylation is 1. The van der Waals surface area contributed by atoms with Crippen LogP contribution in [0.5, 0.6) is 0 Å². The van der Waals surface area contributed by atoms with Gasteiger partial charge < -0.3 is 0 Å². The molecule has 1 aromatic rings. The van der Waals surface area contributed by atoms with Crippen LogP contribution >= 0.6 is 0 Å². The van der Waals surface area contributed by atoms with Crippen molar-refractivity contribution in [2.24, 2.45) is 11.8 Å². The molecule has 0 amide bonds. The molecule has 114 valence electrons. The molecule has 1 saturated carbocycles. The van der Waals surface area contributed by atoms with Gasteiger partial charge in [-0.15, -0.1) is 0 Å². The molecule has 2 rings (SSSR count). The minimum atomic E-state index is 0.299. The molecular weight excluding hydrogens is 258 g/mol. The lowest BCUT2D eigenvalue weighted by Gasteiger charge is -2.23. The van der Waals surface area contributed by atoms with Crippen molar-refractivity contribution in [2.45, 2.75) is 59.3 Å². The number of ketones is 1. The van der Waals surface area contributed by atoms with Crippen molar-refractivity contribution in [1.29, 1.82) is 5.26 Å². The molecule has 0 N–H and O–H groups in total. The molecule has 0 aliphatic heterocycles. The highest BCUT2D eigenvalue weighted by molar-refractivity contribution is 5.77. The van der Waals surface area contributed by atoms with Crippen molar-refractivity contribution in [1.82, 2.24) is 0 Å². The lowest BCUT2D eigenvalue weighted by atomic mass is 9.82. The monoisotopic (exact) mass is 285 g/mol. The van der Waals surface area contributed by atoms with Gasteiger partial charge in [-0.2, -0.15) is 5.26 Å². The number of Topliss-reactive ketones (excluding diaryl/α,β-unsaturated/α-hetero) is 1. The van der Waals surface area contributed by atoms with E-state index in [1.165, 1.54) is 37.7 Å². The number of hydrogen-bond donors (Lipinski definition) is 0. The molecule has 1 fully saturated rings. The molecule has 0 radical (unpaired) electrons. The summed E-state index contributed by atoms with van der Waals surface area (Å²) in [7, 11) is 0. The number of benzene rings is 1. The summed E-state index contributed by atoms with van der Waals surface area (Å²) in [5, 5.41) is 8.38. The Morgan fingerprint density at radius 3 is 2.29 bits per heavy atom. The first kappa shape index (κ1) is 17.4. The van der Waals surface area contributed by atoms with E-state index in [1.807, 2.05) is 31.2 Å². The van der Waals surface area contributed by atoms with Gasteiger partial charge in [0.25, 0.3) is 0 Å². The van der Waals surface area contributed by atoms with Gasteiger partial charge in [-0.1, -0.05) is 56.7 Å². The zero-order valence-corrected chi connectivity index (χ0v) is 13.6. The fourth-order valence-corrected chi connectivity index (χ4v) is 2.72. The highest BCUT2D eigenvalue weighted by atomic mass is 16.1. The van der Waals surface area contributed by atoms with Crippen molar-refractivity contribution in [3.05, 3.63) is 35.4 Å². The molecule has 1 aliphatic carbocycles. The van der Waals surface area contributed by atoms with E-state index in [9.17, 15) is 4.79 Å². The third kappa shape index (κ3) is 7.09. The number of carbonyl (C=O) groups excluding carboxylic acids is 1. The fraction of sp³-hybridized carbons (Fsp3) is 0.579. The number of carbonyl (C=O) groups is 1. The number of nitriles is 1. The van der Waals surface area contributed by atoms with Crippen LogP contribution in [-0.4, -0.2) is 5.78 Å². The molecular formula is C19H27NO. The van der Waals surface area contributed by atoms with Crippen LogP contribution in [0, 0.1) is 30.1 Å². The predicted molar refractivity (Wildman–Crippen MR) is 86.9 cm³/mol. The second-order valence-electron chi connectivity index (χ2n) is 6.23. The van der Waals surface area contributed by atoms with Gasteiger partial charge in [-0.3, -0.25) is 4.79 Å². The zero-order chi connectivity index (χ0) is 15.7. The summed E-state index contributed by atoms with van der Waals surface area (Å²) in [6.45, 7) is 5.78. The van der Waals surface area contributed by atoms with Crippen molar-refractivity contribution in [3.63, 3.8) is 0 Å². The Hall–Kier alpha value is -1.62. The Balaban J connectivity index is 0.000000219. The summed E-state index contributed by atoms with van der Waals surface area (Å²) in [5.41, 5.74) is 1.91. The van der Waals surface area contributed by atoms with Crippen LogP contribution in [0.1, 0.15) is 63.5 Å². The van der Waals surface area contributed by atoms with Gasteiger partial charge in [0.05, 0.1) is 11.6 Å². The van der Waals surface area contributed by atoms with E-state index in [0.29, 0.717) is 11.7 Å². The van der Waals surface area contributed by atoms with Crippen molar-refractivity contribution >= 4 is 5.78 Å². The maximum Gasteiger partial charge on any atom is 0.132 e. The summed E-state index contributed by atoms with van der Waals surface area (Å²) in [6, 6.07) is 9.54. The Bertz CT molecular complexity index is 463. The van der Waals surface area contributed by atoms with Crippen LogP contribution < -0.4 is 0 Å². The fourth-order valence-electron chi connectivity index (χ4n) is 2.72. The maximum absolute atomic E-state index is 11.0. The normalized spacial score (nSPS) is 16.3. The number of hydrogen-bond acceptors (Lipinski definition) is 2. The Kier molecular flexibility index (Phi) is 7.75. The average molecular weight is 285 g/mol. The average Bonchev–Trinajstić information content (AvgIpc) is 2.49. The van der Waals surface area contributed by atoms with Gasteiger partial charge in [0.1, 0.15) is 5.78 Å². The van der Waals surface area contributed by atoms with Gasteiger partial charge in [-0.25, -0.2) is 0 Å². The van der Waals surface area contributed by atoms with Crippen LogP contribution in [0.2, 0.25) is 0 Å². The number of rotatable bonds is 3. The molecule has 0 bridgehead atoms. The van der Waals surface area contributed by atoms with Gasteiger partial charge in [0, 0.05) is 5.92 Å². The standard InChI is InChI=1S/C11H20O.C8H7N/c1-9(10(2)12)8-11-6-4-3-5-7-11;1-7-2-4-8(6-9)5-3-7/h9,11H,3-8H2,1-2H3;2-5H,1H3/t9-;/m1./s1. The molecule has 0 aromatic heterocycles. The first-order valence-corrected chi connectivity index (χ1v) is 8.00. The minimum absolute atomic E-state index is 0.299. The van der Waals surface area contributed by atoms with Gasteiger partial charge in [0.2, 0.25) is 0 Å². The quantitative estimate of drug-likeness (QED) is 0.779. The lowest BCUT2D eigenvalue weighted by Crippen LogP contribution is -2.15. The topological polar surface area (TPSA) is 40.9 Å². The van der Waals surface area contributed by atoms with Crippen LogP contribution in [0.3, 0.4) is 0 Å². The van der Waals surface area contributed by atoms with E-state index < -0.39 is 0 Å². The SMILES string of the molecule is CC(=O)[C@H](C)CC1CCCCC1.Cc1ccc(C#N)cc1. The van der Waals surface area contributed by atoms with Gasteiger partial charge in [0.15, 0.2) is 0 Å². The third-order valence-electron chi connectivity index (χ3n) is 4.29. The first-order valence-electron chi connectivity index (χ1n) is 8.00. The molecule has 0 saturated heterocycles. The molecule has 0 spiro atoms. The summed E-state index contributed by atoms with van der Waals surface area (Å²) in [4.78, 5) is 11.0. The van der Waals surface area contributed by atoms with E-state index in [0.717, 1.165) is 17.9 Å². The molecule has 21 heavy (non-hydrogen) atoms. The largest absolute Gasteiger partial charge is 0.300 e. The molecule has 0 unspecified atom stereocenters. The van der Waals surface area contributed by atoms with Crippen molar-refractivity contribution < 1.29 is 4.79 Å². The van der Waals surface area contributed by atoms with Crippen LogP contribution in [0.15, 0.2) is 24.3 Å². The van der Waals surface area contributed by atoms with Crippen LogP contribution in [0.25, 0.3) is 0 Å². The van der Waals surface area contributed by atoms with E-state index in [-0.39, 0.29) is 0 Å². The van der Waals surface area contributed by atoms with Gasteiger partial charge in [-0.05, 0) is 38.3 Å². The summed E-state index contributed by atoms with van der Waals surface area (Å²) >= 11 is 0. The van der Waals surface area contributed by atoms with E-state index >= 15 is 0 Å². The van der Waals surface area contributed by atoms with Crippen molar-refractivity contribution in [2.75, 3.05) is 0 Å². The maximum atomic E-state index is 11.0. The second-order valence-corrected chi connectivity index (χ2v) is 6.23. The summed E-state index contributed by atoms with van der Waals surface area (Å²) in [6.07, 6.45) is 8.03. The Labute approximate surface area is 129 Å². The second kappa shape index (κ2) is 9.34. The third-order valence-corrected chi connectivity index (χ3v) is 4.29. The summed E-state index contributed by atoms with van der Waals surface area (Å²) in [5.74, 6) is 1.51. The highest BCUT2D eigenvalue weighted by Gasteiger charge is 2.18. The summed E-state index contributed by atoms with van der Waals surface area (Å²) < 4.78 is 0. The van der Waals surface area contributed by atoms with Crippen LogP contribution in [-0.2, 0) is 4.79 Å². The molecule has 0 heterocycles.